The number of amides is 2. The molecular weight excluding hydrogens is 382 g/mol. The quantitative estimate of drug-likeness (QED) is 0.414. The summed E-state index contributed by atoms with van der Waals surface area (Å²) in [5.41, 5.74) is 1.14. The van der Waals surface area contributed by atoms with Gasteiger partial charge < -0.3 is 9.84 Å². The Bertz CT molecular complexity index is 888. The number of anilines is 1. The number of hydrogen-bond donors (Lipinski definition) is 1. The minimum atomic E-state index is -0.870. The van der Waals surface area contributed by atoms with Crippen molar-refractivity contribution in [2.75, 3.05) is 4.90 Å². The van der Waals surface area contributed by atoms with Crippen molar-refractivity contribution in [3.05, 3.63) is 59.7 Å². The maximum atomic E-state index is 12.9. The average molecular weight is 409 g/mol. The lowest BCUT2D eigenvalue weighted by atomic mass is 10.1. The molecule has 6 nitrogen and oxygen atoms in total. The van der Waals surface area contributed by atoms with Crippen molar-refractivity contribution in [2.24, 2.45) is 0 Å². The van der Waals surface area contributed by atoms with Crippen LogP contribution in [0.5, 0.6) is 5.75 Å². The monoisotopic (exact) mass is 409 g/mol. The molecule has 0 aliphatic carbocycles. The van der Waals surface area contributed by atoms with Gasteiger partial charge in [0.15, 0.2) is 0 Å². The van der Waals surface area contributed by atoms with E-state index in [9.17, 15) is 14.4 Å². The van der Waals surface area contributed by atoms with Crippen LogP contribution in [-0.4, -0.2) is 29.0 Å². The summed E-state index contributed by atoms with van der Waals surface area (Å²) in [5.74, 6) is -1.21. The van der Waals surface area contributed by atoms with Gasteiger partial charge >= 0.3 is 5.97 Å². The molecule has 1 aliphatic heterocycles. The molecule has 0 saturated heterocycles. The molecule has 0 fully saturated rings. The summed E-state index contributed by atoms with van der Waals surface area (Å²) in [6.45, 7) is 2.14. The second kappa shape index (κ2) is 10.1. The number of carbonyl (C=O) groups excluding carboxylic acids is 2. The summed E-state index contributed by atoms with van der Waals surface area (Å²) < 4.78 is 6.17. The van der Waals surface area contributed by atoms with Gasteiger partial charge in [-0.3, -0.25) is 14.4 Å². The fourth-order valence-corrected chi connectivity index (χ4v) is 3.67. The lowest BCUT2D eigenvalue weighted by molar-refractivity contribution is -0.137. The third kappa shape index (κ3) is 4.87. The Balaban J connectivity index is 1.82. The average Bonchev–Trinajstić information content (AvgIpc) is 3.00. The number of imide groups is 1. The number of carboxylic acids is 1. The first-order valence-electron chi connectivity index (χ1n) is 10.5. The van der Waals surface area contributed by atoms with Gasteiger partial charge in [-0.15, -0.1) is 0 Å². The summed E-state index contributed by atoms with van der Waals surface area (Å²) in [4.78, 5) is 38.0. The first kappa shape index (κ1) is 21.6. The number of unbranched alkanes of at least 4 members (excludes halogenated alkanes) is 3. The van der Waals surface area contributed by atoms with Gasteiger partial charge in [0.25, 0.3) is 11.8 Å². The van der Waals surface area contributed by atoms with Crippen LogP contribution in [0, 0.1) is 0 Å². The Morgan fingerprint density at radius 1 is 0.933 bits per heavy atom. The molecule has 3 rings (SSSR count). The van der Waals surface area contributed by atoms with E-state index in [-0.39, 0.29) is 24.3 Å². The summed E-state index contributed by atoms with van der Waals surface area (Å²) in [6.07, 6.45) is 5.04. The second-order valence-corrected chi connectivity index (χ2v) is 7.48. The standard InChI is InChI=1S/C24H27NO5/c1-2-3-4-5-10-17(15-16-22(26)27)30-21-14-9-8-13-20(21)25-23(28)18-11-6-7-12-19(18)24(25)29/h6-9,11-14,17H,2-5,10,15-16H2,1H3,(H,26,27). The fourth-order valence-electron chi connectivity index (χ4n) is 3.67. The Hall–Kier alpha value is -3.15. The van der Waals surface area contributed by atoms with Crippen LogP contribution in [0.25, 0.3) is 0 Å². The third-order valence-corrected chi connectivity index (χ3v) is 5.25. The molecule has 2 aromatic carbocycles. The van der Waals surface area contributed by atoms with Gasteiger partial charge in [-0.25, -0.2) is 4.90 Å². The van der Waals surface area contributed by atoms with Crippen LogP contribution >= 0.6 is 0 Å². The minimum absolute atomic E-state index is 0.00757. The van der Waals surface area contributed by atoms with Crippen LogP contribution in [0.1, 0.15) is 72.6 Å². The van der Waals surface area contributed by atoms with Crippen LogP contribution in [0.4, 0.5) is 5.69 Å². The number of para-hydroxylation sites is 2. The van der Waals surface area contributed by atoms with E-state index in [4.69, 9.17) is 9.84 Å². The van der Waals surface area contributed by atoms with E-state index in [0.717, 1.165) is 37.0 Å². The van der Waals surface area contributed by atoms with E-state index >= 15 is 0 Å². The Kier molecular flexibility index (Phi) is 7.22. The number of carboxylic acid groups (broad SMARTS) is 1. The largest absolute Gasteiger partial charge is 0.488 e. The van der Waals surface area contributed by atoms with Crippen molar-refractivity contribution in [1.82, 2.24) is 0 Å². The van der Waals surface area contributed by atoms with Crippen molar-refractivity contribution >= 4 is 23.5 Å². The smallest absolute Gasteiger partial charge is 0.303 e. The summed E-state index contributed by atoms with van der Waals surface area (Å²) in [5, 5.41) is 9.08. The number of carbonyl (C=O) groups is 3. The number of aliphatic carboxylic acids is 1. The van der Waals surface area contributed by atoms with E-state index < -0.39 is 5.97 Å². The van der Waals surface area contributed by atoms with E-state index in [1.165, 1.54) is 0 Å². The van der Waals surface area contributed by atoms with Gasteiger partial charge in [-0.1, -0.05) is 50.5 Å². The highest BCUT2D eigenvalue weighted by Gasteiger charge is 2.37. The van der Waals surface area contributed by atoms with Crippen LogP contribution < -0.4 is 9.64 Å². The van der Waals surface area contributed by atoms with Crippen molar-refractivity contribution in [2.45, 2.75) is 58.0 Å². The van der Waals surface area contributed by atoms with Crippen LogP contribution in [0.3, 0.4) is 0 Å². The van der Waals surface area contributed by atoms with Gasteiger partial charge in [-0.2, -0.15) is 0 Å². The highest BCUT2D eigenvalue weighted by molar-refractivity contribution is 6.34. The van der Waals surface area contributed by atoms with E-state index in [1.807, 2.05) is 0 Å². The number of fused-ring (bicyclic) bond motifs is 1. The van der Waals surface area contributed by atoms with Gasteiger partial charge in [-0.05, 0) is 43.5 Å². The van der Waals surface area contributed by atoms with Crippen LogP contribution in [-0.2, 0) is 4.79 Å². The zero-order chi connectivity index (χ0) is 21.5. The summed E-state index contributed by atoms with van der Waals surface area (Å²) in [6, 6.07) is 13.7. The molecule has 6 heteroatoms. The molecule has 30 heavy (non-hydrogen) atoms. The van der Waals surface area contributed by atoms with Gasteiger partial charge in [0, 0.05) is 6.42 Å². The Morgan fingerprint density at radius 2 is 1.57 bits per heavy atom. The molecular formula is C24H27NO5. The van der Waals surface area contributed by atoms with Crippen molar-refractivity contribution < 1.29 is 24.2 Å². The van der Waals surface area contributed by atoms with Crippen LogP contribution in [0.15, 0.2) is 48.5 Å². The molecule has 158 valence electrons. The van der Waals surface area contributed by atoms with E-state index in [0.29, 0.717) is 29.0 Å². The maximum Gasteiger partial charge on any atom is 0.303 e. The molecule has 0 saturated carbocycles. The maximum absolute atomic E-state index is 12.9. The molecule has 1 atom stereocenters. The number of ether oxygens (including phenoxy) is 1. The third-order valence-electron chi connectivity index (χ3n) is 5.25. The molecule has 0 spiro atoms. The first-order chi connectivity index (χ1) is 14.5. The number of rotatable bonds is 11. The normalized spacial score (nSPS) is 14.0. The van der Waals surface area contributed by atoms with Crippen LogP contribution in [0.2, 0.25) is 0 Å². The first-order valence-corrected chi connectivity index (χ1v) is 10.5. The molecule has 0 radical (unpaired) electrons. The highest BCUT2D eigenvalue weighted by atomic mass is 16.5. The van der Waals surface area contributed by atoms with E-state index in [2.05, 4.69) is 6.92 Å². The SMILES string of the molecule is CCCCCCC(CCC(=O)O)Oc1ccccc1N1C(=O)c2ccccc2C1=O. The molecule has 1 N–H and O–H groups in total. The number of nitrogens with zero attached hydrogens (tertiary/aromatic N) is 1. The molecule has 2 amide bonds. The van der Waals surface area contributed by atoms with Crippen molar-refractivity contribution in [3.63, 3.8) is 0 Å². The predicted molar refractivity (Wildman–Crippen MR) is 114 cm³/mol. The molecule has 1 unspecified atom stereocenters. The number of hydrogen-bond acceptors (Lipinski definition) is 4. The molecule has 2 aromatic rings. The zero-order valence-electron chi connectivity index (χ0n) is 17.2. The molecule has 1 aliphatic rings. The molecule has 1 heterocycles. The Labute approximate surface area is 176 Å². The predicted octanol–water partition coefficient (Wildman–Crippen LogP) is 5.07. The van der Waals surface area contributed by atoms with Gasteiger partial charge in [0.2, 0.25) is 0 Å². The van der Waals surface area contributed by atoms with E-state index in [1.54, 1.807) is 48.5 Å². The van der Waals surface area contributed by atoms with Gasteiger partial charge in [0.1, 0.15) is 5.75 Å². The lowest BCUT2D eigenvalue weighted by Crippen LogP contribution is -2.30. The zero-order valence-corrected chi connectivity index (χ0v) is 17.2. The van der Waals surface area contributed by atoms with Crippen molar-refractivity contribution in [1.29, 1.82) is 0 Å². The fraction of sp³-hybridized carbons (Fsp3) is 0.375. The number of benzene rings is 2. The topological polar surface area (TPSA) is 83.9 Å². The van der Waals surface area contributed by atoms with Crippen molar-refractivity contribution in [3.8, 4) is 5.75 Å². The molecule has 0 bridgehead atoms. The van der Waals surface area contributed by atoms with Gasteiger partial charge in [0.05, 0.1) is 22.9 Å². The Morgan fingerprint density at radius 3 is 2.20 bits per heavy atom. The molecule has 0 aromatic heterocycles. The summed E-state index contributed by atoms with van der Waals surface area (Å²) >= 11 is 0. The minimum Gasteiger partial charge on any atom is -0.488 e. The summed E-state index contributed by atoms with van der Waals surface area (Å²) in [7, 11) is 0. The second-order valence-electron chi connectivity index (χ2n) is 7.48. The lowest BCUT2D eigenvalue weighted by Gasteiger charge is -2.23. The highest BCUT2D eigenvalue weighted by Crippen LogP contribution is 2.36.